The molecular weight excluding hydrogens is 260 g/mol. The van der Waals surface area contributed by atoms with Gasteiger partial charge in [0.2, 0.25) is 5.91 Å². The first kappa shape index (κ1) is 14.6. The van der Waals surface area contributed by atoms with Gasteiger partial charge in [-0.1, -0.05) is 0 Å². The molecule has 0 spiro atoms. The number of carbonyl (C=O) groups excluding carboxylic acids is 1. The fourth-order valence-electron chi connectivity index (χ4n) is 2.43. The van der Waals surface area contributed by atoms with Crippen LogP contribution in [0.5, 0.6) is 0 Å². The van der Waals surface area contributed by atoms with Crippen molar-refractivity contribution in [3.63, 3.8) is 0 Å². The van der Waals surface area contributed by atoms with E-state index in [1.165, 1.54) is 0 Å². The van der Waals surface area contributed by atoms with Crippen LogP contribution in [-0.4, -0.2) is 53.5 Å². The molecule has 1 N–H and O–H groups in total. The molecule has 0 bridgehead atoms. The van der Waals surface area contributed by atoms with E-state index in [0.717, 1.165) is 5.76 Å². The molecular formula is C14H20N2O4. The first-order valence-corrected chi connectivity index (χ1v) is 6.78. The van der Waals surface area contributed by atoms with Gasteiger partial charge in [-0.15, -0.1) is 0 Å². The van der Waals surface area contributed by atoms with Gasteiger partial charge in [-0.2, -0.15) is 0 Å². The summed E-state index contributed by atoms with van der Waals surface area (Å²) in [5.41, 5.74) is 0. The van der Waals surface area contributed by atoms with Gasteiger partial charge < -0.3 is 14.4 Å². The summed E-state index contributed by atoms with van der Waals surface area (Å²) in [6, 6.07) is 3.70. The van der Waals surface area contributed by atoms with Crippen molar-refractivity contribution < 1.29 is 19.1 Å². The van der Waals surface area contributed by atoms with Crippen molar-refractivity contribution in [1.82, 2.24) is 9.80 Å². The lowest BCUT2D eigenvalue weighted by atomic mass is 9.97. The molecule has 6 nitrogen and oxygen atoms in total. The second-order valence-corrected chi connectivity index (χ2v) is 5.24. The quantitative estimate of drug-likeness (QED) is 0.872. The lowest BCUT2D eigenvalue weighted by Crippen LogP contribution is -2.44. The molecule has 0 aromatic carbocycles. The van der Waals surface area contributed by atoms with Crippen molar-refractivity contribution in [2.75, 3.05) is 26.7 Å². The predicted octanol–water partition coefficient (Wildman–Crippen LogP) is 1.03. The van der Waals surface area contributed by atoms with E-state index < -0.39 is 5.97 Å². The molecule has 0 saturated carbocycles. The molecule has 1 aliphatic rings. The number of amides is 1. The monoisotopic (exact) mass is 280 g/mol. The fourth-order valence-corrected chi connectivity index (χ4v) is 2.43. The van der Waals surface area contributed by atoms with Crippen LogP contribution in [0.15, 0.2) is 22.8 Å². The molecule has 1 aromatic rings. The topological polar surface area (TPSA) is 74.0 Å². The van der Waals surface area contributed by atoms with Gasteiger partial charge >= 0.3 is 5.97 Å². The molecule has 0 radical (unpaired) electrons. The minimum Gasteiger partial charge on any atom is -0.481 e. The number of rotatable bonds is 5. The van der Waals surface area contributed by atoms with Crippen molar-refractivity contribution in [3.8, 4) is 0 Å². The Labute approximate surface area is 118 Å². The van der Waals surface area contributed by atoms with Crippen LogP contribution in [0.3, 0.4) is 0 Å². The Hall–Kier alpha value is -1.82. The number of carboxylic acid groups (broad SMARTS) is 1. The maximum atomic E-state index is 12.1. The van der Waals surface area contributed by atoms with Crippen LogP contribution in [0.1, 0.15) is 18.6 Å². The highest BCUT2D eigenvalue weighted by Gasteiger charge is 2.27. The number of likely N-dealkylation sites (tertiary alicyclic amines) is 1. The number of likely N-dealkylation sites (N-methyl/N-ethyl adjacent to an activating group) is 1. The number of hydrogen-bond acceptors (Lipinski definition) is 4. The van der Waals surface area contributed by atoms with E-state index in [4.69, 9.17) is 9.52 Å². The summed E-state index contributed by atoms with van der Waals surface area (Å²) in [6.07, 6.45) is 2.70. The lowest BCUT2D eigenvalue weighted by Gasteiger charge is -2.31. The Morgan fingerprint density at radius 2 is 2.15 bits per heavy atom. The smallest absolute Gasteiger partial charge is 0.306 e. The number of aliphatic carboxylic acids is 1. The van der Waals surface area contributed by atoms with E-state index >= 15 is 0 Å². The standard InChI is InChI=1S/C14H20N2O4/c1-15(9-12-3-2-8-20-12)10-13(17)16-6-4-11(5-7-16)14(18)19/h2-3,8,11H,4-7,9-10H2,1H3,(H,18,19). The Bertz CT molecular complexity index is 450. The Morgan fingerprint density at radius 3 is 2.70 bits per heavy atom. The van der Waals surface area contributed by atoms with Crippen molar-refractivity contribution >= 4 is 11.9 Å². The molecule has 1 amide bonds. The Balaban J connectivity index is 1.76. The van der Waals surface area contributed by atoms with Gasteiger partial charge in [0.05, 0.1) is 25.3 Å². The van der Waals surface area contributed by atoms with Crippen LogP contribution in [0.2, 0.25) is 0 Å². The van der Waals surface area contributed by atoms with Crippen molar-refractivity contribution in [1.29, 1.82) is 0 Å². The fraction of sp³-hybridized carbons (Fsp3) is 0.571. The first-order chi connectivity index (χ1) is 9.56. The van der Waals surface area contributed by atoms with Crippen LogP contribution < -0.4 is 0 Å². The number of piperidine rings is 1. The molecule has 2 heterocycles. The highest BCUT2D eigenvalue weighted by Crippen LogP contribution is 2.17. The predicted molar refractivity (Wildman–Crippen MR) is 72.0 cm³/mol. The number of carboxylic acids is 1. The molecule has 1 aliphatic heterocycles. The summed E-state index contributed by atoms with van der Waals surface area (Å²) < 4.78 is 5.24. The van der Waals surface area contributed by atoms with Gasteiger partial charge in [-0.25, -0.2) is 0 Å². The second-order valence-electron chi connectivity index (χ2n) is 5.24. The average molecular weight is 280 g/mol. The van der Waals surface area contributed by atoms with E-state index in [-0.39, 0.29) is 11.8 Å². The Morgan fingerprint density at radius 1 is 1.45 bits per heavy atom. The zero-order valence-corrected chi connectivity index (χ0v) is 11.6. The van der Waals surface area contributed by atoms with Gasteiger partial charge in [0, 0.05) is 13.1 Å². The largest absolute Gasteiger partial charge is 0.481 e. The summed E-state index contributed by atoms with van der Waals surface area (Å²) in [5, 5.41) is 8.93. The third-order valence-corrected chi connectivity index (χ3v) is 3.61. The van der Waals surface area contributed by atoms with Crippen molar-refractivity contribution in [2.45, 2.75) is 19.4 Å². The average Bonchev–Trinajstić information content (AvgIpc) is 2.91. The van der Waals surface area contributed by atoms with E-state index in [9.17, 15) is 9.59 Å². The molecule has 6 heteroatoms. The van der Waals surface area contributed by atoms with E-state index in [1.807, 2.05) is 24.1 Å². The first-order valence-electron chi connectivity index (χ1n) is 6.78. The summed E-state index contributed by atoms with van der Waals surface area (Å²) in [6.45, 7) is 1.97. The van der Waals surface area contributed by atoms with Crippen molar-refractivity contribution in [3.05, 3.63) is 24.2 Å². The normalized spacial score (nSPS) is 16.6. The zero-order valence-electron chi connectivity index (χ0n) is 11.6. The molecule has 20 heavy (non-hydrogen) atoms. The molecule has 1 saturated heterocycles. The number of hydrogen-bond donors (Lipinski definition) is 1. The maximum Gasteiger partial charge on any atom is 0.306 e. The molecule has 0 atom stereocenters. The number of carbonyl (C=O) groups is 2. The minimum atomic E-state index is -0.757. The van der Waals surface area contributed by atoms with E-state index in [1.54, 1.807) is 11.2 Å². The van der Waals surface area contributed by atoms with Crippen LogP contribution in [0, 0.1) is 5.92 Å². The number of nitrogens with zero attached hydrogens (tertiary/aromatic N) is 2. The highest BCUT2D eigenvalue weighted by atomic mass is 16.4. The maximum absolute atomic E-state index is 12.1. The van der Waals surface area contributed by atoms with Crippen molar-refractivity contribution in [2.24, 2.45) is 5.92 Å². The third kappa shape index (κ3) is 3.84. The SMILES string of the molecule is CN(CC(=O)N1CCC(C(=O)O)CC1)Cc1ccco1. The van der Waals surface area contributed by atoms with E-state index in [2.05, 4.69) is 0 Å². The van der Waals surface area contributed by atoms with Crippen LogP contribution in [0.25, 0.3) is 0 Å². The molecule has 0 aliphatic carbocycles. The van der Waals surface area contributed by atoms with Gasteiger partial charge in [0.25, 0.3) is 0 Å². The summed E-state index contributed by atoms with van der Waals surface area (Å²) in [7, 11) is 1.87. The Kier molecular flexibility index (Phi) is 4.79. The highest BCUT2D eigenvalue weighted by molar-refractivity contribution is 5.78. The third-order valence-electron chi connectivity index (χ3n) is 3.61. The summed E-state index contributed by atoms with van der Waals surface area (Å²) in [5.74, 6) is -0.195. The zero-order chi connectivity index (χ0) is 14.5. The van der Waals surface area contributed by atoms with Gasteiger partial charge in [0.15, 0.2) is 0 Å². The van der Waals surface area contributed by atoms with E-state index in [0.29, 0.717) is 39.0 Å². The molecule has 1 fully saturated rings. The van der Waals surface area contributed by atoms with Gasteiger partial charge in [-0.05, 0) is 32.0 Å². The summed E-state index contributed by atoms with van der Waals surface area (Å²) in [4.78, 5) is 26.6. The minimum absolute atomic E-state index is 0.0443. The second kappa shape index (κ2) is 6.56. The molecule has 2 rings (SSSR count). The number of furan rings is 1. The molecule has 0 unspecified atom stereocenters. The van der Waals surface area contributed by atoms with Crippen LogP contribution in [-0.2, 0) is 16.1 Å². The van der Waals surface area contributed by atoms with Gasteiger partial charge in [0.1, 0.15) is 5.76 Å². The molecule has 110 valence electrons. The van der Waals surface area contributed by atoms with Gasteiger partial charge in [-0.3, -0.25) is 14.5 Å². The summed E-state index contributed by atoms with van der Waals surface area (Å²) >= 11 is 0. The van der Waals surface area contributed by atoms with Crippen LogP contribution >= 0.6 is 0 Å². The van der Waals surface area contributed by atoms with Crippen LogP contribution in [0.4, 0.5) is 0 Å². The molecule has 1 aromatic heterocycles. The lowest BCUT2D eigenvalue weighted by molar-refractivity contribution is -0.145.